The molecule has 22 heavy (non-hydrogen) atoms. The molecule has 0 aliphatic heterocycles. The maximum atomic E-state index is 10.0. The van der Waals surface area contributed by atoms with Crippen molar-refractivity contribution in [3.05, 3.63) is 30.0 Å². The van der Waals surface area contributed by atoms with Gasteiger partial charge in [-0.25, -0.2) is 0 Å². The van der Waals surface area contributed by atoms with Gasteiger partial charge in [-0.3, -0.25) is 4.99 Å². The van der Waals surface area contributed by atoms with Crippen LogP contribution in [0.15, 0.2) is 29.3 Å². The minimum atomic E-state index is -0.553. The molecule has 0 saturated heterocycles. The Balaban J connectivity index is 2.00. The van der Waals surface area contributed by atoms with Crippen LogP contribution in [-0.2, 0) is 6.54 Å². The van der Waals surface area contributed by atoms with Crippen molar-refractivity contribution in [1.82, 2.24) is 10.3 Å². The highest BCUT2D eigenvalue weighted by molar-refractivity contribution is 5.86. The van der Waals surface area contributed by atoms with Crippen LogP contribution in [0.4, 0.5) is 0 Å². The van der Waals surface area contributed by atoms with E-state index in [2.05, 4.69) is 42.8 Å². The van der Waals surface area contributed by atoms with E-state index in [-0.39, 0.29) is 12.1 Å². The molecule has 0 aliphatic rings. The third kappa shape index (κ3) is 4.58. The smallest absolute Gasteiger partial charge is 0.128 e. The number of aliphatic hydroxyl groups excluding tert-OH is 1. The molecule has 0 aliphatic carbocycles. The van der Waals surface area contributed by atoms with Gasteiger partial charge < -0.3 is 20.1 Å². The Morgan fingerprint density at radius 1 is 1.41 bits per heavy atom. The lowest BCUT2D eigenvalue weighted by Gasteiger charge is -2.23. The van der Waals surface area contributed by atoms with Crippen LogP contribution in [0.2, 0.25) is 0 Å². The Labute approximate surface area is 131 Å². The Hall–Kier alpha value is -1.85. The van der Waals surface area contributed by atoms with Crippen LogP contribution in [0.1, 0.15) is 26.5 Å². The molecule has 0 radical (unpaired) electrons. The first kappa shape index (κ1) is 16.5. The number of hydrogen-bond donors (Lipinski definition) is 3. The molecule has 0 amide bonds. The van der Waals surface area contributed by atoms with Gasteiger partial charge in [0.15, 0.2) is 0 Å². The molecule has 0 unspecified atom stereocenters. The number of H-pyrrole nitrogens is 1. The highest BCUT2D eigenvalue weighted by Crippen LogP contribution is 2.26. The molecular formula is C17H25N3O2. The summed E-state index contributed by atoms with van der Waals surface area (Å²) in [5.74, 6) is 0.763. The number of benzene rings is 1. The van der Waals surface area contributed by atoms with Gasteiger partial charge in [0.1, 0.15) is 18.5 Å². The number of aromatic nitrogens is 1. The summed E-state index contributed by atoms with van der Waals surface area (Å²) in [5, 5.41) is 14.3. The van der Waals surface area contributed by atoms with E-state index < -0.39 is 6.10 Å². The van der Waals surface area contributed by atoms with E-state index in [9.17, 15) is 5.11 Å². The lowest BCUT2D eigenvalue weighted by Crippen LogP contribution is -2.42. The van der Waals surface area contributed by atoms with Crippen LogP contribution in [0, 0.1) is 0 Å². The van der Waals surface area contributed by atoms with Crippen molar-refractivity contribution in [3.63, 3.8) is 0 Å². The average molecular weight is 303 g/mol. The normalized spacial score (nSPS) is 13.3. The largest absolute Gasteiger partial charge is 0.490 e. The molecule has 1 aromatic heterocycles. The third-order valence-electron chi connectivity index (χ3n) is 3.26. The summed E-state index contributed by atoms with van der Waals surface area (Å²) in [4.78, 5) is 7.16. The molecule has 0 bridgehead atoms. The number of hydrogen-bond acceptors (Lipinski definition) is 4. The summed E-state index contributed by atoms with van der Waals surface area (Å²) < 4.78 is 5.78. The zero-order valence-corrected chi connectivity index (χ0v) is 13.5. The van der Waals surface area contributed by atoms with Crippen molar-refractivity contribution in [3.8, 4) is 5.75 Å². The minimum absolute atomic E-state index is 0.0196. The van der Waals surface area contributed by atoms with E-state index in [1.54, 1.807) is 0 Å². The minimum Gasteiger partial charge on any atom is -0.490 e. The highest BCUT2D eigenvalue weighted by Gasteiger charge is 2.13. The van der Waals surface area contributed by atoms with Crippen LogP contribution in [0.5, 0.6) is 5.75 Å². The van der Waals surface area contributed by atoms with E-state index in [0.717, 1.165) is 22.3 Å². The molecule has 1 aromatic carbocycles. The van der Waals surface area contributed by atoms with Gasteiger partial charge in [-0.2, -0.15) is 0 Å². The summed E-state index contributed by atoms with van der Waals surface area (Å²) in [6.07, 6.45) is -0.553. The number of β-amino-alcohol motifs (C(OH)–C–C–N with tert-alkyl or cyclic N) is 1. The first-order chi connectivity index (χ1) is 10.4. The van der Waals surface area contributed by atoms with Crippen LogP contribution < -0.4 is 10.1 Å². The average Bonchev–Trinajstić information content (AvgIpc) is 2.85. The Bertz CT molecular complexity index is 628. The van der Waals surface area contributed by atoms with Gasteiger partial charge in [-0.15, -0.1) is 0 Å². The monoisotopic (exact) mass is 303 g/mol. The molecule has 5 nitrogen and oxygen atoms in total. The Kier molecular flexibility index (Phi) is 5.21. The van der Waals surface area contributed by atoms with E-state index in [1.807, 2.05) is 24.3 Å². The fraction of sp³-hybridized carbons (Fsp3) is 0.471. The summed E-state index contributed by atoms with van der Waals surface area (Å²) >= 11 is 0. The van der Waals surface area contributed by atoms with Crippen molar-refractivity contribution < 1.29 is 9.84 Å². The fourth-order valence-electron chi connectivity index (χ4n) is 2.19. The van der Waals surface area contributed by atoms with Crippen LogP contribution in [-0.4, -0.2) is 41.6 Å². The highest BCUT2D eigenvalue weighted by atomic mass is 16.5. The lowest BCUT2D eigenvalue weighted by atomic mass is 10.1. The number of ether oxygens (including phenoxy) is 1. The molecule has 5 heteroatoms. The van der Waals surface area contributed by atoms with E-state index in [0.29, 0.717) is 13.1 Å². The summed E-state index contributed by atoms with van der Waals surface area (Å²) in [6.45, 7) is 11.0. The number of aliphatic imine (C=N–C) groups is 1. The summed E-state index contributed by atoms with van der Waals surface area (Å²) in [7, 11) is 0. The second-order valence-electron chi connectivity index (χ2n) is 6.49. The summed E-state index contributed by atoms with van der Waals surface area (Å²) in [6, 6.07) is 7.84. The van der Waals surface area contributed by atoms with E-state index in [4.69, 9.17) is 4.74 Å². The van der Waals surface area contributed by atoms with Gasteiger partial charge in [0.25, 0.3) is 0 Å². The molecule has 1 atom stereocenters. The summed E-state index contributed by atoms with van der Waals surface area (Å²) in [5.41, 5.74) is 1.98. The fourth-order valence-corrected chi connectivity index (χ4v) is 2.19. The van der Waals surface area contributed by atoms with Gasteiger partial charge in [-0.1, -0.05) is 6.07 Å². The van der Waals surface area contributed by atoms with Crippen molar-refractivity contribution in [2.24, 2.45) is 4.99 Å². The maximum absolute atomic E-state index is 10.0. The molecule has 0 saturated carbocycles. The van der Waals surface area contributed by atoms with E-state index in [1.165, 1.54) is 0 Å². The van der Waals surface area contributed by atoms with Gasteiger partial charge >= 0.3 is 0 Å². The first-order valence-electron chi connectivity index (χ1n) is 7.48. The van der Waals surface area contributed by atoms with Crippen LogP contribution in [0.25, 0.3) is 10.9 Å². The van der Waals surface area contributed by atoms with Crippen molar-refractivity contribution >= 4 is 17.6 Å². The quantitative estimate of drug-likeness (QED) is 0.688. The van der Waals surface area contributed by atoms with Crippen molar-refractivity contribution in [1.29, 1.82) is 0 Å². The van der Waals surface area contributed by atoms with Crippen molar-refractivity contribution in [2.45, 2.75) is 39.0 Å². The third-order valence-corrected chi connectivity index (χ3v) is 3.26. The van der Waals surface area contributed by atoms with Gasteiger partial charge in [0, 0.05) is 28.7 Å². The topological polar surface area (TPSA) is 69.6 Å². The first-order valence-corrected chi connectivity index (χ1v) is 7.48. The number of fused-ring (bicyclic) bond motifs is 1. The second-order valence-corrected chi connectivity index (χ2v) is 6.49. The number of nitrogens with one attached hydrogen (secondary N) is 2. The number of nitrogens with zero attached hydrogens (tertiary/aromatic N) is 1. The van der Waals surface area contributed by atoms with Crippen molar-refractivity contribution in [2.75, 3.05) is 13.2 Å². The standard InChI is InChI=1S/C17H25N3O2/c1-17(2,3)19-10-13(21)11-22-16-7-5-6-15-14(16)8-12(20-15)9-18-4/h5-8,13,19-21H,4,9-11H2,1-3H3/t13-/m0/s1. The number of aliphatic hydroxyl groups is 1. The Morgan fingerprint density at radius 2 is 2.18 bits per heavy atom. The maximum Gasteiger partial charge on any atom is 0.128 e. The number of rotatable bonds is 7. The molecule has 0 fully saturated rings. The molecule has 120 valence electrons. The predicted molar refractivity (Wildman–Crippen MR) is 90.8 cm³/mol. The second kappa shape index (κ2) is 6.94. The predicted octanol–water partition coefficient (Wildman–Crippen LogP) is 2.50. The molecule has 1 heterocycles. The SMILES string of the molecule is C=NCc1cc2c(OC[C@@H](O)CNC(C)(C)C)cccc2[nH]1. The lowest BCUT2D eigenvalue weighted by molar-refractivity contribution is 0.101. The number of aromatic amines is 1. The van der Waals surface area contributed by atoms with Crippen LogP contribution >= 0.6 is 0 Å². The zero-order valence-electron chi connectivity index (χ0n) is 13.5. The molecule has 2 aromatic rings. The molecular weight excluding hydrogens is 278 g/mol. The molecule has 3 N–H and O–H groups in total. The Morgan fingerprint density at radius 3 is 2.86 bits per heavy atom. The van der Waals surface area contributed by atoms with E-state index >= 15 is 0 Å². The van der Waals surface area contributed by atoms with Gasteiger partial charge in [0.05, 0.1) is 6.54 Å². The van der Waals surface area contributed by atoms with Gasteiger partial charge in [0.2, 0.25) is 0 Å². The zero-order chi connectivity index (χ0) is 16.2. The van der Waals surface area contributed by atoms with Gasteiger partial charge in [-0.05, 0) is 45.7 Å². The molecule has 0 spiro atoms. The van der Waals surface area contributed by atoms with Crippen LogP contribution in [0.3, 0.4) is 0 Å². The molecule has 2 rings (SSSR count).